The van der Waals surface area contributed by atoms with Gasteiger partial charge in [-0.15, -0.1) is 0 Å². The van der Waals surface area contributed by atoms with E-state index in [-0.39, 0.29) is 11.9 Å². The molecule has 0 spiro atoms. The number of halogens is 2. The van der Waals surface area contributed by atoms with Crippen molar-refractivity contribution in [1.82, 2.24) is 10.2 Å². The fourth-order valence-electron chi connectivity index (χ4n) is 3.23. The first-order valence-corrected chi connectivity index (χ1v) is 9.65. The lowest BCUT2D eigenvalue weighted by molar-refractivity contribution is -0.142. The molecule has 5 nitrogen and oxygen atoms in total. The van der Waals surface area contributed by atoms with E-state index in [9.17, 15) is 14.4 Å². The number of hydrogen-bond acceptors (Lipinski definition) is 3. The number of carbonyl (C=O) groups is 3. The number of ketones is 1. The van der Waals surface area contributed by atoms with E-state index in [4.69, 9.17) is 23.2 Å². The summed E-state index contributed by atoms with van der Waals surface area (Å²) in [5.41, 5.74) is 1.03. The fraction of sp³-hybridized carbons (Fsp3) is 0.526. The molecule has 142 valence electrons. The summed E-state index contributed by atoms with van der Waals surface area (Å²) in [6.45, 7) is 2.47. The van der Waals surface area contributed by atoms with Gasteiger partial charge in [0.05, 0.1) is 16.1 Å². The quantitative estimate of drug-likeness (QED) is 0.415. The van der Waals surface area contributed by atoms with Crippen molar-refractivity contribution < 1.29 is 14.4 Å². The monoisotopic (exact) mass is 398 g/mol. The van der Waals surface area contributed by atoms with Crippen LogP contribution in [0.1, 0.15) is 38.2 Å². The molecular formula is C19H24Cl2N2O3. The van der Waals surface area contributed by atoms with Gasteiger partial charge in [0.15, 0.2) is 0 Å². The molecule has 2 unspecified atom stereocenters. The standard InChI is InChI=1S/C19H24Cl2N2O3/c1-3-4-7-15-16(17(24)19(26)23(15)2)18(25)22-10-5-6-12-8-9-13(20)14(21)11-12/h8-9,11,15-16H,3-7,10H2,1-2H3,(H,22,25). The molecule has 2 rings (SSSR count). The van der Waals surface area contributed by atoms with E-state index in [0.29, 0.717) is 29.4 Å². The van der Waals surface area contributed by atoms with Crippen LogP contribution in [0.3, 0.4) is 0 Å². The lowest BCUT2D eigenvalue weighted by atomic mass is 9.94. The molecule has 1 N–H and O–H groups in total. The summed E-state index contributed by atoms with van der Waals surface area (Å²) in [5, 5.41) is 3.82. The van der Waals surface area contributed by atoms with Gasteiger partial charge in [0, 0.05) is 13.6 Å². The van der Waals surface area contributed by atoms with E-state index >= 15 is 0 Å². The summed E-state index contributed by atoms with van der Waals surface area (Å²) >= 11 is 11.9. The molecule has 0 saturated carbocycles. The summed E-state index contributed by atoms with van der Waals surface area (Å²) in [6, 6.07) is 5.10. The van der Waals surface area contributed by atoms with Gasteiger partial charge in [-0.2, -0.15) is 0 Å². The molecule has 26 heavy (non-hydrogen) atoms. The number of benzene rings is 1. The lowest BCUT2D eigenvalue weighted by Gasteiger charge is -2.23. The number of amides is 2. The molecule has 1 saturated heterocycles. The summed E-state index contributed by atoms with van der Waals surface area (Å²) in [7, 11) is 1.60. The third-order valence-electron chi connectivity index (χ3n) is 4.76. The van der Waals surface area contributed by atoms with Gasteiger partial charge >= 0.3 is 0 Å². The number of rotatable bonds is 8. The number of hydrogen-bond donors (Lipinski definition) is 1. The number of likely N-dealkylation sites (tertiary alicyclic amines) is 1. The maximum atomic E-state index is 12.5. The average molecular weight is 399 g/mol. The van der Waals surface area contributed by atoms with Crippen molar-refractivity contribution in [1.29, 1.82) is 0 Å². The average Bonchev–Trinajstić information content (AvgIpc) is 2.83. The van der Waals surface area contributed by atoms with Crippen molar-refractivity contribution in [3.05, 3.63) is 33.8 Å². The van der Waals surface area contributed by atoms with E-state index in [2.05, 4.69) is 5.32 Å². The van der Waals surface area contributed by atoms with Crippen LogP contribution in [0.2, 0.25) is 10.0 Å². The SMILES string of the molecule is CCCCC1C(C(=O)NCCCc2ccc(Cl)c(Cl)c2)C(=O)C(=O)N1C. The third-order valence-corrected chi connectivity index (χ3v) is 5.50. The second-order valence-electron chi connectivity index (χ2n) is 6.61. The van der Waals surface area contributed by atoms with Crippen molar-refractivity contribution in [3.8, 4) is 0 Å². The van der Waals surface area contributed by atoms with Crippen LogP contribution < -0.4 is 5.32 Å². The first kappa shape index (κ1) is 20.7. The first-order valence-electron chi connectivity index (χ1n) is 8.89. The van der Waals surface area contributed by atoms with Gasteiger partial charge in [-0.05, 0) is 37.0 Å². The molecule has 1 aromatic carbocycles. The van der Waals surface area contributed by atoms with E-state index < -0.39 is 17.6 Å². The van der Waals surface area contributed by atoms with Crippen LogP contribution in [-0.2, 0) is 20.8 Å². The highest BCUT2D eigenvalue weighted by Gasteiger charge is 2.48. The maximum Gasteiger partial charge on any atom is 0.290 e. The molecule has 1 fully saturated rings. The molecule has 2 atom stereocenters. The second kappa shape index (κ2) is 9.38. The minimum Gasteiger partial charge on any atom is -0.355 e. The van der Waals surface area contributed by atoms with Crippen LogP contribution in [0.4, 0.5) is 0 Å². The molecule has 0 aliphatic carbocycles. The van der Waals surface area contributed by atoms with Gasteiger partial charge in [0.1, 0.15) is 5.92 Å². The Morgan fingerprint density at radius 3 is 2.58 bits per heavy atom. The number of aryl methyl sites for hydroxylation is 1. The Kier molecular flexibility index (Phi) is 7.47. The number of carbonyl (C=O) groups excluding carboxylic acids is 3. The predicted molar refractivity (Wildman–Crippen MR) is 102 cm³/mol. The Balaban J connectivity index is 1.88. The summed E-state index contributed by atoms with van der Waals surface area (Å²) < 4.78 is 0. The summed E-state index contributed by atoms with van der Waals surface area (Å²) in [4.78, 5) is 38.0. The normalized spacial score (nSPS) is 19.9. The first-order chi connectivity index (χ1) is 12.4. The molecule has 1 heterocycles. The molecule has 1 aromatic rings. The Bertz CT molecular complexity index is 693. The Hall–Kier alpha value is -1.59. The van der Waals surface area contributed by atoms with Gasteiger partial charge in [-0.1, -0.05) is 49.0 Å². The minimum absolute atomic E-state index is 0.343. The van der Waals surface area contributed by atoms with Crippen LogP contribution in [0.15, 0.2) is 18.2 Å². The van der Waals surface area contributed by atoms with E-state index in [1.54, 1.807) is 19.2 Å². The molecule has 2 amide bonds. The zero-order valence-corrected chi connectivity index (χ0v) is 16.6. The molecule has 0 bridgehead atoms. The largest absolute Gasteiger partial charge is 0.355 e. The van der Waals surface area contributed by atoms with Crippen LogP contribution in [0.5, 0.6) is 0 Å². The minimum atomic E-state index is -0.899. The third kappa shape index (κ3) is 4.77. The Morgan fingerprint density at radius 1 is 1.19 bits per heavy atom. The molecule has 1 aliphatic heterocycles. The second-order valence-corrected chi connectivity index (χ2v) is 7.42. The van der Waals surface area contributed by atoms with Gasteiger partial charge in [0.2, 0.25) is 11.7 Å². The highest BCUT2D eigenvalue weighted by molar-refractivity contribution is 6.43. The van der Waals surface area contributed by atoms with Crippen LogP contribution in [0.25, 0.3) is 0 Å². The maximum absolute atomic E-state index is 12.5. The number of unbranched alkanes of at least 4 members (excludes halogenated alkanes) is 1. The zero-order valence-electron chi connectivity index (χ0n) is 15.1. The van der Waals surface area contributed by atoms with Crippen LogP contribution in [-0.4, -0.2) is 42.1 Å². The van der Waals surface area contributed by atoms with Gasteiger partial charge in [-0.3, -0.25) is 14.4 Å². The number of likely N-dealkylation sites (N-methyl/N-ethyl adjacent to an activating group) is 1. The van der Waals surface area contributed by atoms with Crippen molar-refractivity contribution in [2.45, 2.75) is 45.1 Å². The van der Waals surface area contributed by atoms with Crippen molar-refractivity contribution >= 4 is 40.8 Å². The molecule has 0 radical (unpaired) electrons. The Morgan fingerprint density at radius 2 is 1.92 bits per heavy atom. The van der Waals surface area contributed by atoms with Gasteiger partial charge in [-0.25, -0.2) is 0 Å². The summed E-state index contributed by atoms with van der Waals surface area (Å²) in [6.07, 6.45) is 3.91. The number of Topliss-reactive ketones (excluding diaryl/α,β-unsaturated/α-hetero) is 1. The molecular weight excluding hydrogens is 375 g/mol. The van der Waals surface area contributed by atoms with Crippen molar-refractivity contribution in [2.75, 3.05) is 13.6 Å². The van der Waals surface area contributed by atoms with Crippen LogP contribution in [0, 0.1) is 5.92 Å². The van der Waals surface area contributed by atoms with Gasteiger partial charge in [0.25, 0.3) is 5.91 Å². The number of nitrogens with zero attached hydrogens (tertiary/aromatic N) is 1. The van der Waals surface area contributed by atoms with Gasteiger partial charge < -0.3 is 10.2 Å². The molecule has 0 aromatic heterocycles. The summed E-state index contributed by atoms with van der Waals surface area (Å²) in [5.74, 6) is -2.43. The van der Waals surface area contributed by atoms with E-state index in [1.807, 2.05) is 13.0 Å². The van der Waals surface area contributed by atoms with E-state index in [1.165, 1.54) is 4.90 Å². The van der Waals surface area contributed by atoms with Crippen LogP contribution >= 0.6 is 23.2 Å². The lowest BCUT2D eigenvalue weighted by Crippen LogP contribution is -2.41. The number of nitrogens with one attached hydrogen (secondary N) is 1. The smallest absolute Gasteiger partial charge is 0.290 e. The molecule has 7 heteroatoms. The van der Waals surface area contributed by atoms with E-state index in [0.717, 1.165) is 24.8 Å². The fourth-order valence-corrected chi connectivity index (χ4v) is 3.55. The highest BCUT2D eigenvalue weighted by atomic mass is 35.5. The van der Waals surface area contributed by atoms with Crippen molar-refractivity contribution in [2.24, 2.45) is 5.92 Å². The zero-order chi connectivity index (χ0) is 19.3. The Labute approximate surface area is 164 Å². The topological polar surface area (TPSA) is 66.5 Å². The highest BCUT2D eigenvalue weighted by Crippen LogP contribution is 2.26. The predicted octanol–water partition coefficient (Wildman–Crippen LogP) is 3.26. The molecule has 1 aliphatic rings. The van der Waals surface area contributed by atoms with Crippen molar-refractivity contribution in [3.63, 3.8) is 0 Å².